The molecule has 0 aliphatic rings. The van der Waals surface area contributed by atoms with Crippen molar-refractivity contribution in [1.82, 2.24) is 10.6 Å². The van der Waals surface area contributed by atoms with Gasteiger partial charge in [0.25, 0.3) is 5.91 Å². The second-order valence-corrected chi connectivity index (χ2v) is 6.53. The zero-order valence-electron chi connectivity index (χ0n) is 13.8. The lowest BCUT2D eigenvalue weighted by Gasteiger charge is -2.08. The molecule has 2 N–H and O–H groups in total. The summed E-state index contributed by atoms with van der Waals surface area (Å²) in [7, 11) is 1.56. The summed E-state index contributed by atoms with van der Waals surface area (Å²) >= 11 is 7.46. The monoisotopic (exact) mass is 378 g/mol. The third-order valence-corrected chi connectivity index (χ3v) is 4.77. The van der Waals surface area contributed by atoms with Gasteiger partial charge in [0.2, 0.25) is 5.91 Å². The van der Waals surface area contributed by atoms with Crippen LogP contribution in [0, 0.1) is 0 Å². The van der Waals surface area contributed by atoms with Crippen molar-refractivity contribution in [3.8, 4) is 5.75 Å². The van der Waals surface area contributed by atoms with Gasteiger partial charge < -0.3 is 15.4 Å². The number of amides is 2. The van der Waals surface area contributed by atoms with Crippen LogP contribution in [0.4, 0.5) is 0 Å². The Morgan fingerprint density at radius 1 is 1.08 bits per heavy atom. The summed E-state index contributed by atoms with van der Waals surface area (Å²) < 4.78 is 5.32. The Balaban J connectivity index is 1.74. The molecule has 2 aromatic carbocycles. The Bertz CT molecular complexity index is 723. The van der Waals surface area contributed by atoms with Crippen LogP contribution in [0.5, 0.6) is 5.75 Å². The standard InChI is InChI=1S/C18H19ClN2O3S/c1-20-17(22)11-24-14-8-6-13(7-9-14)10-21-18(23)12-25-16-5-3-2-4-15(16)19/h2-9H,10-12H2,1H3,(H,20,22)(H,21,23). The predicted molar refractivity (Wildman–Crippen MR) is 100 cm³/mol. The first-order chi connectivity index (χ1) is 12.1. The van der Waals surface area contributed by atoms with Crippen LogP contribution >= 0.6 is 23.4 Å². The Hall–Kier alpha value is -2.18. The first kappa shape index (κ1) is 19.1. The Morgan fingerprint density at radius 3 is 2.48 bits per heavy atom. The van der Waals surface area contributed by atoms with Gasteiger partial charge in [0.15, 0.2) is 6.61 Å². The average Bonchev–Trinajstić information content (AvgIpc) is 2.64. The van der Waals surface area contributed by atoms with Crippen molar-refractivity contribution in [3.05, 3.63) is 59.1 Å². The number of hydrogen-bond acceptors (Lipinski definition) is 4. The molecule has 2 amide bonds. The number of thioether (sulfide) groups is 1. The van der Waals surface area contributed by atoms with Crippen LogP contribution in [0.2, 0.25) is 5.02 Å². The fourth-order valence-corrected chi connectivity index (χ4v) is 2.95. The molecule has 0 heterocycles. The van der Waals surface area contributed by atoms with E-state index in [1.165, 1.54) is 11.8 Å². The van der Waals surface area contributed by atoms with Crippen LogP contribution < -0.4 is 15.4 Å². The third kappa shape index (κ3) is 6.68. The van der Waals surface area contributed by atoms with Crippen molar-refractivity contribution in [2.45, 2.75) is 11.4 Å². The summed E-state index contributed by atoms with van der Waals surface area (Å²) in [6.45, 7) is 0.406. The molecule has 2 aromatic rings. The molecule has 5 nitrogen and oxygen atoms in total. The number of carbonyl (C=O) groups is 2. The van der Waals surface area contributed by atoms with Crippen LogP contribution in [-0.2, 0) is 16.1 Å². The van der Waals surface area contributed by atoms with Gasteiger partial charge in [0, 0.05) is 18.5 Å². The molecule has 25 heavy (non-hydrogen) atoms. The number of likely N-dealkylation sites (N-methyl/N-ethyl adjacent to an activating group) is 1. The Labute approximate surface area is 156 Å². The SMILES string of the molecule is CNC(=O)COc1ccc(CNC(=O)CSc2ccccc2Cl)cc1. The second-order valence-electron chi connectivity index (χ2n) is 5.10. The molecule has 0 radical (unpaired) electrons. The number of benzene rings is 2. The summed E-state index contributed by atoms with van der Waals surface area (Å²) in [5, 5.41) is 5.99. The zero-order chi connectivity index (χ0) is 18.1. The molecule has 0 unspecified atom stereocenters. The Kier molecular flexibility index (Phi) is 7.63. The molecule has 0 bridgehead atoms. The maximum absolute atomic E-state index is 11.9. The number of ether oxygens (including phenoxy) is 1. The number of hydrogen-bond donors (Lipinski definition) is 2. The van der Waals surface area contributed by atoms with E-state index in [9.17, 15) is 9.59 Å². The van der Waals surface area contributed by atoms with E-state index in [-0.39, 0.29) is 18.4 Å². The quantitative estimate of drug-likeness (QED) is 0.693. The smallest absolute Gasteiger partial charge is 0.257 e. The minimum atomic E-state index is -0.188. The maximum Gasteiger partial charge on any atom is 0.257 e. The lowest BCUT2D eigenvalue weighted by atomic mass is 10.2. The fraction of sp³-hybridized carbons (Fsp3) is 0.222. The molecular weight excluding hydrogens is 360 g/mol. The molecule has 132 valence electrons. The van der Waals surface area contributed by atoms with Crippen LogP contribution in [0.1, 0.15) is 5.56 Å². The van der Waals surface area contributed by atoms with Crippen LogP contribution in [-0.4, -0.2) is 31.2 Å². The van der Waals surface area contributed by atoms with Crippen molar-refractivity contribution in [3.63, 3.8) is 0 Å². The van der Waals surface area contributed by atoms with E-state index in [4.69, 9.17) is 16.3 Å². The summed E-state index contributed by atoms with van der Waals surface area (Å²) in [5.74, 6) is 0.655. The summed E-state index contributed by atoms with van der Waals surface area (Å²) in [6, 6.07) is 14.7. The van der Waals surface area contributed by atoms with Crippen molar-refractivity contribution < 1.29 is 14.3 Å². The number of rotatable bonds is 8. The van der Waals surface area contributed by atoms with Gasteiger partial charge in [-0.05, 0) is 29.8 Å². The lowest BCUT2D eigenvalue weighted by Crippen LogP contribution is -2.25. The van der Waals surface area contributed by atoms with Gasteiger partial charge in [-0.2, -0.15) is 0 Å². The predicted octanol–water partition coefficient (Wildman–Crippen LogP) is 2.87. The number of nitrogens with one attached hydrogen (secondary N) is 2. The number of carbonyl (C=O) groups excluding carboxylic acids is 2. The highest BCUT2D eigenvalue weighted by atomic mass is 35.5. The molecule has 2 rings (SSSR count). The van der Waals surface area contributed by atoms with Crippen molar-refractivity contribution in [2.24, 2.45) is 0 Å². The molecule has 0 fully saturated rings. The van der Waals surface area contributed by atoms with Crippen molar-refractivity contribution in [2.75, 3.05) is 19.4 Å². The highest BCUT2D eigenvalue weighted by molar-refractivity contribution is 8.00. The first-order valence-electron chi connectivity index (χ1n) is 7.65. The summed E-state index contributed by atoms with van der Waals surface area (Å²) in [4.78, 5) is 23.9. The van der Waals surface area contributed by atoms with Gasteiger partial charge in [-0.25, -0.2) is 0 Å². The normalized spacial score (nSPS) is 10.2. The largest absolute Gasteiger partial charge is 0.484 e. The van der Waals surface area contributed by atoms with Gasteiger partial charge >= 0.3 is 0 Å². The molecule has 7 heteroatoms. The molecule has 0 saturated heterocycles. The van der Waals surface area contributed by atoms with Gasteiger partial charge in [-0.1, -0.05) is 35.9 Å². The lowest BCUT2D eigenvalue weighted by molar-refractivity contribution is -0.122. The minimum absolute atomic E-state index is 0.0220. The van der Waals surface area contributed by atoms with Crippen molar-refractivity contribution >= 4 is 35.2 Å². The Morgan fingerprint density at radius 2 is 1.80 bits per heavy atom. The highest BCUT2D eigenvalue weighted by Crippen LogP contribution is 2.26. The molecular formula is C18H19ClN2O3S. The molecule has 0 saturated carbocycles. The van der Waals surface area contributed by atoms with Crippen LogP contribution in [0.25, 0.3) is 0 Å². The molecule has 0 aliphatic heterocycles. The number of halogens is 1. The third-order valence-electron chi connectivity index (χ3n) is 3.26. The van der Waals surface area contributed by atoms with Gasteiger partial charge in [0.05, 0.1) is 10.8 Å². The van der Waals surface area contributed by atoms with E-state index in [1.54, 1.807) is 25.2 Å². The van der Waals surface area contributed by atoms with E-state index in [2.05, 4.69) is 10.6 Å². The van der Waals surface area contributed by atoms with E-state index in [1.807, 2.05) is 30.3 Å². The molecule has 0 spiro atoms. The average molecular weight is 379 g/mol. The van der Waals surface area contributed by atoms with Gasteiger partial charge in [0.1, 0.15) is 5.75 Å². The van der Waals surface area contributed by atoms with E-state index in [0.29, 0.717) is 23.1 Å². The topological polar surface area (TPSA) is 67.4 Å². The highest BCUT2D eigenvalue weighted by Gasteiger charge is 2.06. The van der Waals surface area contributed by atoms with Crippen LogP contribution in [0.3, 0.4) is 0 Å². The fourth-order valence-electron chi connectivity index (χ4n) is 1.88. The van der Waals surface area contributed by atoms with Gasteiger partial charge in [-0.3, -0.25) is 9.59 Å². The summed E-state index contributed by atoms with van der Waals surface area (Å²) in [6.07, 6.45) is 0. The first-order valence-corrected chi connectivity index (χ1v) is 9.01. The molecule has 0 aromatic heterocycles. The summed E-state index contributed by atoms with van der Waals surface area (Å²) in [5.41, 5.74) is 0.948. The van der Waals surface area contributed by atoms with E-state index in [0.717, 1.165) is 10.5 Å². The zero-order valence-corrected chi connectivity index (χ0v) is 15.3. The minimum Gasteiger partial charge on any atom is -0.484 e. The molecule has 0 atom stereocenters. The second kappa shape index (κ2) is 9.96. The van der Waals surface area contributed by atoms with Crippen molar-refractivity contribution in [1.29, 1.82) is 0 Å². The van der Waals surface area contributed by atoms with E-state index >= 15 is 0 Å². The van der Waals surface area contributed by atoms with Gasteiger partial charge in [-0.15, -0.1) is 11.8 Å². The van der Waals surface area contributed by atoms with Crippen LogP contribution in [0.15, 0.2) is 53.4 Å². The maximum atomic E-state index is 11.9. The molecule has 0 aliphatic carbocycles. The van der Waals surface area contributed by atoms with E-state index < -0.39 is 0 Å².